The second-order valence-corrected chi connectivity index (χ2v) is 6.49. The zero-order chi connectivity index (χ0) is 16.0. The Balaban J connectivity index is 2.85. The molecule has 0 aromatic heterocycles. The number of hydrogen-bond donors (Lipinski definition) is 2. The molecule has 0 unspecified atom stereocenters. The number of carbonyl (C=O) groups is 1. The van der Waals surface area contributed by atoms with Crippen molar-refractivity contribution in [3.8, 4) is 0 Å². The molecular formula is C14H21FN2O3S. The first-order chi connectivity index (χ1) is 9.77. The van der Waals surface area contributed by atoms with Crippen LogP contribution < -0.4 is 10.5 Å². The summed E-state index contributed by atoms with van der Waals surface area (Å²) in [5, 5.41) is 7.63. The van der Waals surface area contributed by atoms with Gasteiger partial charge in [0.15, 0.2) is 0 Å². The van der Waals surface area contributed by atoms with Crippen molar-refractivity contribution in [1.29, 1.82) is 0 Å². The van der Waals surface area contributed by atoms with Gasteiger partial charge in [0, 0.05) is 6.54 Å². The predicted octanol–water partition coefficient (Wildman–Crippen LogP) is 2.09. The Morgan fingerprint density at radius 1 is 1.29 bits per heavy atom. The molecule has 1 rings (SSSR count). The van der Waals surface area contributed by atoms with Gasteiger partial charge in [0.25, 0.3) is 5.91 Å². The summed E-state index contributed by atoms with van der Waals surface area (Å²) in [6.45, 7) is 3.93. The van der Waals surface area contributed by atoms with E-state index in [1.807, 2.05) is 0 Å². The molecule has 0 aliphatic carbocycles. The summed E-state index contributed by atoms with van der Waals surface area (Å²) in [4.78, 5) is 11.7. The highest BCUT2D eigenvalue weighted by atomic mass is 32.2. The van der Waals surface area contributed by atoms with Gasteiger partial charge < -0.3 is 5.32 Å². The number of sulfonamides is 1. The summed E-state index contributed by atoms with van der Waals surface area (Å²) in [5.74, 6) is -1.39. The number of unbranched alkanes of at least 4 members (excludes halogenated alkanes) is 3. The molecule has 0 aliphatic rings. The van der Waals surface area contributed by atoms with Crippen molar-refractivity contribution in [3.05, 3.63) is 29.1 Å². The Morgan fingerprint density at radius 3 is 2.52 bits per heavy atom. The topological polar surface area (TPSA) is 89.3 Å². The molecule has 0 saturated heterocycles. The lowest BCUT2D eigenvalue weighted by molar-refractivity contribution is 0.0948. The van der Waals surface area contributed by atoms with E-state index in [1.54, 1.807) is 0 Å². The molecule has 0 fully saturated rings. The average Bonchev–Trinajstić information content (AvgIpc) is 2.36. The second-order valence-electron chi connectivity index (χ2n) is 4.96. The summed E-state index contributed by atoms with van der Waals surface area (Å²) in [7, 11) is -3.99. The number of rotatable bonds is 7. The first kappa shape index (κ1) is 17.6. The van der Waals surface area contributed by atoms with Crippen molar-refractivity contribution in [3.63, 3.8) is 0 Å². The first-order valence-corrected chi connectivity index (χ1v) is 8.43. The third-order valence-corrected chi connectivity index (χ3v) is 4.18. The third-order valence-electron chi connectivity index (χ3n) is 3.13. The fourth-order valence-corrected chi connectivity index (χ4v) is 2.77. The predicted molar refractivity (Wildman–Crippen MR) is 79.0 cm³/mol. The molecule has 1 amide bonds. The van der Waals surface area contributed by atoms with Gasteiger partial charge in [-0.2, -0.15) is 0 Å². The minimum Gasteiger partial charge on any atom is -0.352 e. The maximum atomic E-state index is 13.8. The van der Waals surface area contributed by atoms with Crippen LogP contribution in [0.2, 0.25) is 0 Å². The van der Waals surface area contributed by atoms with Crippen molar-refractivity contribution >= 4 is 15.9 Å². The number of hydrogen-bond acceptors (Lipinski definition) is 3. The van der Waals surface area contributed by atoms with Crippen LogP contribution in [0.1, 0.15) is 48.5 Å². The van der Waals surface area contributed by atoms with Gasteiger partial charge in [0.2, 0.25) is 10.0 Å². The quantitative estimate of drug-likeness (QED) is 0.755. The van der Waals surface area contributed by atoms with Crippen molar-refractivity contribution in [2.75, 3.05) is 6.54 Å². The summed E-state index contributed by atoms with van der Waals surface area (Å²) in [5.41, 5.74) is -0.130. The summed E-state index contributed by atoms with van der Waals surface area (Å²) in [6, 6.07) is 1.99. The van der Waals surface area contributed by atoms with Crippen LogP contribution in [0.25, 0.3) is 0 Å². The second kappa shape index (κ2) is 7.51. The van der Waals surface area contributed by atoms with Crippen LogP contribution in [0.15, 0.2) is 17.0 Å². The van der Waals surface area contributed by atoms with E-state index in [2.05, 4.69) is 12.2 Å². The Hall–Kier alpha value is -1.47. The van der Waals surface area contributed by atoms with Crippen molar-refractivity contribution in [2.24, 2.45) is 5.14 Å². The molecule has 21 heavy (non-hydrogen) atoms. The van der Waals surface area contributed by atoms with E-state index in [1.165, 1.54) is 6.92 Å². The molecule has 5 nitrogen and oxygen atoms in total. The van der Waals surface area contributed by atoms with Gasteiger partial charge in [0.05, 0.1) is 10.5 Å². The van der Waals surface area contributed by atoms with Crippen LogP contribution in [0.4, 0.5) is 4.39 Å². The van der Waals surface area contributed by atoms with Crippen molar-refractivity contribution in [2.45, 2.75) is 44.4 Å². The Labute approximate surface area is 124 Å². The molecule has 118 valence electrons. The number of primary sulfonamides is 1. The van der Waals surface area contributed by atoms with Crippen LogP contribution in [0, 0.1) is 12.7 Å². The van der Waals surface area contributed by atoms with Gasteiger partial charge in [0.1, 0.15) is 5.82 Å². The smallest absolute Gasteiger partial charge is 0.254 e. The van der Waals surface area contributed by atoms with E-state index in [0.29, 0.717) is 6.54 Å². The van der Waals surface area contributed by atoms with Crippen LogP contribution in [-0.4, -0.2) is 20.9 Å². The fourth-order valence-electron chi connectivity index (χ4n) is 1.98. The number of carbonyl (C=O) groups excluding carboxylic acids is 1. The molecule has 0 spiro atoms. The van der Waals surface area contributed by atoms with Gasteiger partial charge >= 0.3 is 0 Å². The lowest BCUT2D eigenvalue weighted by atomic mass is 10.1. The van der Waals surface area contributed by atoms with E-state index < -0.39 is 21.7 Å². The molecule has 0 aliphatic heterocycles. The van der Waals surface area contributed by atoms with Crippen LogP contribution >= 0.6 is 0 Å². The van der Waals surface area contributed by atoms with Gasteiger partial charge in [-0.15, -0.1) is 0 Å². The maximum absolute atomic E-state index is 13.8. The molecule has 0 radical (unpaired) electrons. The van der Waals surface area contributed by atoms with E-state index in [0.717, 1.165) is 37.8 Å². The van der Waals surface area contributed by atoms with E-state index in [9.17, 15) is 17.6 Å². The lowest BCUT2D eigenvalue weighted by Gasteiger charge is -2.09. The lowest BCUT2D eigenvalue weighted by Crippen LogP contribution is -2.26. The highest BCUT2D eigenvalue weighted by molar-refractivity contribution is 7.89. The zero-order valence-corrected chi connectivity index (χ0v) is 13.1. The van der Waals surface area contributed by atoms with Gasteiger partial charge in [-0.1, -0.05) is 26.2 Å². The number of amides is 1. The molecule has 1 aromatic rings. The highest BCUT2D eigenvalue weighted by Gasteiger charge is 2.19. The largest absolute Gasteiger partial charge is 0.352 e. The molecule has 0 saturated carbocycles. The van der Waals surface area contributed by atoms with Crippen molar-refractivity contribution < 1.29 is 17.6 Å². The first-order valence-electron chi connectivity index (χ1n) is 6.88. The van der Waals surface area contributed by atoms with Crippen LogP contribution in [0.5, 0.6) is 0 Å². The number of nitrogens with one attached hydrogen (secondary N) is 1. The monoisotopic (exact) mass is 316 g/mol. The normalized spacial score (nSPS) is 11.4. The molecule has 7 heteroatoms. The van der Waals surface area contributed by atoms with Crippen LogP contribution in [0.3, 0.4) is 0 Å². The minimum atomic E-state index is -3.99. The SMILES string of the molecule is CCCCCCNC(=O)c1cc(S(N)(=O)=O)c(C)cc1F. The van der Waals surface area contributed by atoms with E-state index in [4.69, 9.17) is 5.14 Å². The van der Waals surface area contributed by atoms with Gasteiger partial charge in [-0.05, 0) is 31.0 Å². The van der Waals surface area contributed by atoms with Crippen molar-refractivity contribution in [1.82, 2.24) is 5.32 Å². The highest BCUT2D eigenvalue weighted by Crippen LogP contribution is 2.19. The minimum absolute atomic E-state index is 0.175. The van der Waals surface area contributed by atoms with E-state index in [-0.39, 0.29) is 16.0 Å². The Bertz CT molecular complexity index is 615. The summed E-state index contributed by atoms with van der Waals surface area (Å²) >= 11 is 0. The molecule has 0 atom stereocenters. The zero-order valence-electron chi connectivity index (χ0n) is 12.3. The summed E-state index contributed by atoms with van der Waals surface area (Å²) in [6.07, 6.45) is 3.94. The Morgan fingerprint density at radius 2 is 1.95 bits per heavy atom. The molecular weight excluding hydrogens is 295 g/mol. The van der Waals surface area contributed by atoms with Gasteiger partial charge in [-0.3, -0.25) is 4.79 Å². The summed E-state index contributed by atoms with van der Waals surface area (Å²) < 4.78 is 36.6. The maximum Gasteiger partial charge on any atom is 0.254 e. The number of benzene rings is 1. The number of aryl methyl sites for hydroxylation is 1. The van der Waals surface area contributed by atoms with E-state index >= 15 is 0 Å². The van der Waals surface area contributed by atoms with Gasteiger partial charge in [-0.25, -0.2) is 17.9 Å². The fraction of sp³-hybridized carbons (Fsp3) is 0.500. The third kappa shape index (κ3) is 5.09. The Kier molecular flexibility index (Phi) is 6.29. The number of nitrogens with two attached hydrogens (primary N) is 1. The molecule has 0 heterocycles. The molecule has 1 aromatic carbocycles. The standard InChI is InChI=1S/C14H21FN2O3S/c1-3-4-5-6-7-17-14(18)11-9-13(21(16,19)20)10(2)8-12(11)15/h8-9H,3-7H2,1-2H3,(H,17,18)(H2,16,19,20). The average molecular weight is 316 g/mol. The number of halogens is 1. The molecule has 0 bridgehead atoms. The molecule has 3 N–H and O–H groups in total. The van der Waals surface area contributed by atoms with Crippen LogP contribution in [-0.2, 0) is 10.0 Å².